The molecule has 5 heteroatoms. The molecule has 0 aliphatic carbocycles. The van der Waals surface area contributed by atoms with Crippen molar-refractivity contribution in [2.75, 3.05) is 0 Å². The summed E-state index contributed by atoms with van der Waals surface area (Å²) in [5.41, 5.74) is 0. The van der Waals surface area contributed by atoms with Gasteiger partial charge in [-0.25, -0.2) is 0 Å². The van der Waals surface area contributed by atoms with Crippen molar-refractivity contribution >= 4 is 12.9 Å². The van der Waals surface area contributed by atoms with E-state index in [0.29, 0.717) is 0 Å². The second kappa shape index (κ2) is 18.0. The standard InChI is InChI=1S/CH2O3.CH2O.Ni/c2-1(3)4;1-2;/h(H2,2,3,4);1H2;/q;;+2/p-2. The van der Waals surface area contributed by atoms with Crippen LogP contribution in [0.5, 0.6) is 0 Å². The topological polar surface area (TPSA) is 80.3 Å². The summed E-state index contributed by atoms with van der Waals surface area (Å²) < 4.78 is 0. The van der Waals surface area contributed by atoms with Crippen LogP contribution in [0.4, 0.5) is 4.79 Å². The van der Waals surface area contributed by atoms with Gasteiger partial charge in [-0.15, -0.1) is 0 Å². The number of hydrogen-bond acceptors (Lipinski definition) is 4. The molecule has 0 spiro atoms. The van der Waals surface area contributed by atoms with Crippen LogP contribution in [0, 0.1) is 0 Å². The molecule has 0 saturated heterocycles. The molecule has 0 rings (SSSR count). The summed E-state index contributed by atoms with van der Waals surface area (Å²) in [5.74, 6) is 0. The molecular formula is C2H2NiO4. The summed E-state index contributed by atoms with van der Waals surface area (Å²) in [7, 11) is 0. The van der Waals surface area contributed by atoms with Crippen molar-refractivity contribution in [3.05, 3.63) is 0 Å². The predicted molar refractivity (Wildman–Crippen MR) is 12.5 cm³/mol. The van der Waals surface area contributed by atoms with Gasteiger partial charge in [0.15, 0.2) is 0 Å². The zero-order valence-corrected chi connectivity index (χ0v) is 4.14. The average molecular weight is 149 g/mol. The van der Waals surface area contributed by atoms with Crippen molar-refractivity contribution in [3.63, 3.8) is 0 Å². The van der Waals surface area contributed by atoms with E-state index in [4.69, 9.17) is 19.8 Å². The molecule has 0 aromatic heterocycles. The summed E-state index contributed by atoms with van der Waals surface area (Å²) in [4.78, 5) is 16.3. The van der Waals surface area contributed by atoms with Crippen molar-refractivity contribution in [2.45, 2.75) is 0 Å². The second-order valence-corrected chi connectivity index (χ2v) is 0.250. The van der Waals surface area contributed by atoms with Crippen LogP contribution in [-0.2, 0) is 21.3 Å². The zero-order chi connectivity index (χ0) is 5.58. The molecule has 0 aliphatic rings. The summed E-state index contributed by atoms with van der Waals surface area (Å²) in [6.07, 6.45) is -2.33. The van der Waals surface area contributed by atoms with Crippen LogP contribution in [0.2, 0.25) is 0 Å². The van der Waals surface area contributed by atoms with E-state index in [1.165, 1.54) is 0 Å². The van der Waals surface area contributed by atoms with Crippen LogP contribution in [0.3, 0.4) is 0 Å². The molecule has 0 radical (unpaired) electrons. The van der Waals surface area contributed by atoms with E-state index in [9.17, 15) is 0 Å². The molecule has 0 atom stereocenters. The van der Waals surface area contributed by atoms with Gasteiger partial charge < -0.3 is 19.8 Å². The maximum atomic E-state index is 8.33. The van der Waals surface area contributed by atoms with Gasteiger partial charge in [-0.2, -0.15) is 0 Å². The van der Waals surface area contributed by atoms with Gasteiger partial charge in [0.1, 0.15) is 6.79 Å². The first-order valence-electron chi connectivity index (χ1n) is 0.901. The number of hydrogen-bond donors (Lipinski definition) is 0. The molecule has 0 N–H and O–H groups in total. The van der Waals surface area contributed by atoms with Gasteiger partial charge in [-0.1, -0.05) is 0 Å². The smallest absolute Gasteiger partial charge is 0.652 e. The predicted octanol–water partition coefficient (Wildman–Crippen LogP) is -2.63. The number of rotatable bonds is 0. The van der Waals surface area contributed by atoms with Gasteiger partial charge in [0.05, 0.1) is 0 Å². The Morgan fingerprint density at radius 3 is 1.29 bits per heavy atom. The van der Waals surface area contributed by atoms with Crippen LogP contribution in [-0.4, -0.2) is 12.9 Å². The van der Waals surface area contributed by atoms with Gasteiger partial charge in [0, 0.05) is 0 Å². The number of carboxylic acid groups (broad SMARTS) is 2. The van der Waals surface area contributed by atoms with Crippen LogP contribution >= 0.6 is 0 Å². The molecule has 0 aromatic carbocycles. The normalized spacial score (nSPS) is 4.00. The quantitative estimate of drug-likeness (QED) is 0.352. The molecule has 0 saturated carbocycles. The first kappa shape index (κ1) is 16.1. The molecule has 0 unspecified atom stereocenters. The van der Waals surface area contributed by atoms with Gasteiger partial charge in [0.25, 0.3) is 0 Å². The minimum atomic E-state index is -2.33. The Morgan fingerprint density at radius 2 is 1.29 bits per heavy atom. The first-order chi connectivity index (χ1) is 2.73. The van der Waals surface area contributed by atoms with Crippen molar-refractivity contribution in [3.8, 4) is 0 Å². The van der Waals surface area contributed by atoms with E-state index in [1.807, 2.05) is 6.79 Å². The van der Waals surface area contributed by atoms with E-state index >= 15 is 0 Å². The van der Waals surface area contributed by atoms with Crippen LogP contribution < -0.4 is 10.2 Å². The Morgan fingerprint density at radius 1 is 1.29 bits per heavy atom. The van der Waals surface area contributed by atoms with E-state index < -0.39 is 6.16 Å². The third-order valence-corrected chi connectivity index (χ3v) is 0. The van der Waals surface area contributed by atoms with Gasteiger partial charge in [-0.3, -0.25) is 0 Å². The van der Waals surface area contributed by atoms with Crippen molar-refractivity contribution in [2.24, 2.45) is 0 Å². The fourth-order valence-electron chi connectivity index (χ4n) is 0. The zero-order valence-electron chi connectivity index (χ0n) is 3.16. The Kier molecular flexibility index (Phi) is 41.5. The Labute approximate surface area is 50.1 Å². The number of carbonyl (C=O) groups is 2. The van der Waals surface area contributed by atoms with Gasteiger partial charge in [0.2, 0.25) is 0 Å². The molecule has 4 nitrogen and oxygen atoms in total. The molecule has 7 heavy (non-hydrogen) atoms. The molecule has 0 bridgehead atoms. The minimum Gasteiger partial charge on any atom is -0.652 e. The number of carbonyl (C=O) groups excluding carboxylic acids is 2. The SMILES string of the molecule is C=O.O=C([O-])[O-].[Ni+2]. The van der Waals surface area contributed by atoms with Gasteiger partial charge >= 0.3 is 16.5 Å². The van der Waals surface area contributed by atoms with E-state index in [-0.39, 0.29) is 16.5 Å². The minimum absolute atomic E-state index is 0. The van der Waals surface area contributed by atoms with Crippen LogP contribution in [0.25, 0.3) is 0 Å². The maximum Gasteiger partial charge on any atom is 2.00 e. The fourth-order valence-corrected chi connectivity index (χ4v) is 0. The summed E-state index contributed by atoms with van der Waals surface area (Å²) in [6.45, 7) is 2.00. The maximum absolute atomic E-state index is 8.33. The Balaban J connectivity index is -0.0000000480. The van der Waals surface area contributed by atoms with Crippen LogP contribution in [0.15, 0.2) is 0 Å². The van der Waals surface area contributed by atoms with E-state index in [2.05, 4.69) is 0 Å². The second-order valence-electron chi connectivity index (χ2n) is 0.250. The van der Waals surface area contributed by atoms with Crippen molar-refractivity contribution < 1.29 is 36.3 Å². The van der Waals surface area contributed by atoms with E-state index in [1.54, 1.807) is 0 Å². The fraction of sp³-hybridized carbons (Fsp3) is 0. The summed E-state index contributed by atoms with van der Waals surface area (Å²) in [5, 5.41) is 16.7. The molecule has 0 aromatic rings. The molecule has 0 fully saturated rings. The molecule has 0 heterocycles. The van der Waals surface area contributed by atoms with Crippen molar-refractivity contribution in [1.29, 1.82) is 0 Å². The third-order valence-electron chi connectivity index (χ3n) is 0. The summed E-state index contributed by atoms with van der Waals surface area (Å²) in [6, 6.07) is 0. The molecule has 0 aliphatic heterocycles. The Bertz CT molecular complexity index is 41.0. The monoisotopic (exact) mass is 148 g/mol. The molecule has 44 valence electrons. The average Bonchev–Trinajstić information content (AvgIpc) is 1.41. The van der Waals surface area contributed by atoms with Gasteiger partial charge in [-0.05, 0) is 6.16 Å². The largest absolute Gasteiger partial charge is 2.00 e. The van der Waals surface area contributed by atoms with E-state index in [0.717, 1.165) is 0 Å². The molecule has 0 amide bonds. The third kappa shape index (κ3) is 200. The van der Waals surface area contributed by atoms with Crippen LogP contribution in [0.1, 0.15) is 0 Å². The molecular weight excluding hydrogens is 147 g/mol. The summed E-state index contributed by atoms with van der Waals surface area (Å²) >= 11 is 0. The Hall–Kier alpha value is -0.566. The first-order valence-corrected chi connectivity index (χ1v) is 0.901. The van der Waals surface area contributed by atoms with Crippen molar-refractivity contribution in [1.82, 2.24) is 0 Å².